The van der Waals surface area contributed by atoms with Crippen molar-refractivity contribution in [3.05, 3.63) is 28.2 Å². The van der Waals surface area contributed by atoms with Crippen LogP contribution in [0.1, 0.15) is 25.8 Å². The van der Waals surface area contributed by atoms with E-state index in [-0.39, 0.29) is 0 Å². The second-order valence-corrected chi connectivity index (χ2v) is 5.53. The van der Waals surface area contributed by atoms with Gasteiger partial charge < -0.3 is 4.90 Å². The predicted octanol–water partition coefficient (Wildman–Crippen LogP) is 3.56. The maximum Gasteiger partial charge on any atom is 0.101 e. The van der Waals surface area contributed by atoms with Crippen molar-refractivity contribution in [3.63, 3.8) is 0 Å². The van der Waals surface area contributed by atoms with Crippen LogP contribution in [0.25, 0.3) is 0 Å². The minimum Gasteiger partial charge on any atom is -0.367 e. The van der Waals surface area contributed by atoms with E-state index in [1.54, 1.807) is 0 Å². The third kappa shape index (κ3) is 2.08. The zero-order valence-electron chi connectivity index (χ0n) is 9.57. The van der Waals surface area contributed by atoms with Crippen LogP contribution >= 0.6 is 15.9 Å². The summed E-state index contributed by atoms with van der Waals surface area (Å²) in [4.78, 5) is 2.34. The molecule has 2 nitrogen and oxygen atoms in total. The molecule has 1 saturated heterocycles. The second-order valence-electron chi connectivity index (χ2n) is 4.62. The Morgan fingerprint density at radius 3 is 2.75 bits per heavy atom. The van der Waals surface area contributed by atoms with Crippen LogP contribution in [-0.2, 0) is 0 Å². The molecule has 2 unspecified atom stereocenters. The first-order valence-corrected chi connectivity index (χ1v) is 6.37. The molecule has 16 heavy (non-hydrogen) atoms. The van der Waals surface area contributed by atoms with Crippen molar-refractivity contribution in [3.8, 4) is 6.07 Å². The first-order valence-electron chi connectivity index (χ1n) is 5.58. The van der Waals surface area contributed by atoms with Crippen molar-refractivity contribution in [2.24, 2.45) is 5.92 Å². The van der Waals surface area contributed by atoms with Crippen LogP contribution in [0.5, 0.6) is 0 Å². The van der Waals surface area contributed by atoms with Gasteiger partial charge in [0, 0.05) is 17.1 Å². The predicted molar refractivity (Wildman–Crippen MR) is 69.4 cm³/mol. The van der Waals surface area contributed by atoms with Gasteiger partial charge >= 0.3 is 0 Å². The molecule has 1 fully saturated rings. The molecule has 0 spiro atoms. The maximum atomic E-state index is 9.13. The molecular formula is C13H15BrN2. The fraction of sp³-hybridized carbons (Fsp3) is 0.462. The lowest BCUT2D eigenvalue weighted by Crippen LogP contribution is -2.27. The van der Waals surface area contributed by atoms with Gasteiger partial charge in [0.1, 0.15) is 6.07 Å². The average Bonchev–Trinajstić information content (AvgIpc) is 2.57. The highest BCUT2D eigenvalue weighted by atomic mass is 79.9. The Morgan fingerprint density at radius 1 is 1.44 bits per heavy atom. The van der Waals surface area contributed by atoms with Crippen LogP contribution in [0.4, 0.5) is 5.69 Å². The molecule has 0 N–H and O–H groups in total. The number of anilines is 1. The summed E-state index contributed by atoms with van der Waals surface area (Å²) >= 11 is 3.47. The lowest BCUT2D eigenvalue weighted by atomic mass is 10.1. The molecule has 1 aromatic rings. The molecule has 84 valence electrons. The number of halogens is 1. The highest BCUT2D eigenvalue weighted by Gasteiger charge is 2.27. The Bertz CT molecular complexity index is 436. The van der Waals surface area contributed by atoms with E-state index in [1.807, 2.05) is 18.2 Å². The lowest BCUT2D eigenvalue weighted by molar-refractivity contribution is 0.625. The van der Waals surface area contributed by atoms with Crippen LogP contribution in [0.3, 0.4) is 0 Å². The Hall–Kier alpha value is -1.01. The first kappa shape index (κ1) is 11.5. The second kappa shape index (κ2) is 4.47. The number of rotatable bonds is 1. The van der Waals surface area contributed by atoms with Gasteiger partial charge in [-0.1, -0.05) is 22.9 Å². The van der Waals surface area contributed by atoms with Crippen molar-refractivity contribution < 1.29 is 0 Å². The van der Waals surface area contributed by atoms with E-state index in [2.05, 4.69) is 40.7 Å². The Morgan fingerprint density at radius 2 is 2.19 bits per heavy atom. The van der Waals surface area contributed by atoms with Crippen molar-refractivity contribution in [1.29, 1.82) is 5.26 Å². The Kier molecular flexibility index (Phi) is 3.20. The van der Waals surface area contributed by atoms with Crippen molar-refractivity contribution >= 4 is 21.6 Å². The lowest BCUT2D eigenvalue weighted by Gasteiger charge is -2.25. The maximum absolute atomic E-state index is 9.13. The number of nitrogens with zero attached hydrogens (tertiary/aromatic N) is 2. The molecule has 0 bridgehead atoms. The van der Waals surface area contributed by atoms with Gasteiger partial charge in [-0.3, -0.25) is 0 Å². The number of hydrogen-bond donors (Lipinski definition) is 0. The molecule has 2 atom stereocenters. The summed E-state index contributed by atoms with van der Waals surface area (Å²) in [6, 6.07) is 8.65. The summed E-state index contributed by atoms with van der Waals surface area (Å²) in [6.45, 7) is 5.54. The van der Waals surface area contributed by atoms with Crippen molar-refractivity contribution in [2.75, 3.05) is 11.4 Å². The fourth-order valence-corrected chi connectivity index (χ4v) is 2.82. The highest BCUT2D eigenvalue weighted by molar-refractivity contribution is 9.10. The first-order chi connectivity index (χ1) is 7.61. The molecule has 0 radical (unpaired) electrons. The van der Waals surface area contributed by atoms with Crippen LogP contribution < -0.4 is 4.90 Å². The van der Waals surface area contributed by atoms with Crippen LogP contribution in [0.15, 0.2) is 22.7 Å². The van der Waals surface area contributed by atoms with E-state index in [4.69, 9.17) is 5.26 Å². The van der Waals surface area contributed by atoms with Gasteiger partial charge in [-0.25, -0.2) is 0 Å². The SMILES string of the molecule is CC1CC(C)N(c2cc(Br)ccc2C#N)C1. The largest absolute Gasteiger partial charge is 0.367 e. The van der Waals surface area contributed by atoms with Gasteiger partial charge in [-0.05, 0) is 37.5 Å². The monoisotopic (exact) mass is 278 g/mol. The minimum atomic E-state index is 0.524. The zero-order chi connectivity index (χ0) is 11.7. The molecule has 2 rings (SSSR count). The minimum absolute atomic E-state index is 0.524. The fourth-order valence-electron chi connectivity index (χ4n) is 2.47. The van der Waals surface area contributed by atoms with E-state index in [0.29, 0.717) is 12.0 Å². The summed E-state index contributed by atoms with van der Waals surface area (Å²) in [7, 11) is 0. The normalized spacial score (nSPS) is 24.5. The van der Waals surface area contributed by atoms with Gasteiger partial charge in [0.05, 0.1) is 11.3 Å². The van der Waals surface area contributed by atoms with Gasteiger partial charge in [-0.15, -0.1) is 0 Å². The smallest absolute Gasteiger partial charge is 0.101 e. The van der Waals surface area contributed by atoms with Crippen LogP contribution in [0.2, 0.25) is 0 Å². The molecule has 0 aromatic heterocycles. The highest BCUT2D eigenvalue weighted by Crippen LogP contribution is 2.32. The zero-order valence-corrected chi connectivity index (χ0v) is 11.2. The van der Waals surface area contributed by atoms with E-state index in [1.165, 1.54) is 6.42 Å². The Balaban J connectivity index is 2.40. The van der Waals surface area contributed by atoms with Crippen molar-refractivity contribution in [2.45, 2.75) is 26.3 Å². The molecule has 1 heterocycles. The molecule has 1 aliphatic rings. The quantitative estimate of drug-likeness (QED) is 0.786. The van der Waals surface area contributed by atoms with Crippen LogP contribution in [0, 0.1) is 17.2 Å². The number of benzene rings is 1. The third-order valence-corrected chi connectivity index (χ3v) is 3.67. The van der Waals surface area contributed by atoms with Gasteiger partial charge in [0.25, 0.3) is 0 Å². The van der Waals surface area contributed by atoms with E-state index in [9.17, 15) is 0 Å². The standard InChI is InChI=1S/C13H15BrN2/c1-9-5-10(2)16(8-9)13-6-12(14)4-3-11(13)7-15/h3-4,6,9-10H,5,8H2,1-2H3. The summed E-state index contributed by atoms with van der Waals surface area (Å²) < 4.78 is 1.04. The third-order valence-electron chi connectivity index (χ3n) is 3.17. The molecule has 0 amide bonds. The number of nitriles is 1. The molecule has 1 aliphatic heterocycles. The summed E-state index contributed by atoms with van der Waals surface area (Å²) in [5.74, 6) is 0.709. The number of hydrogen-bond acceptors (Lipinski definition) is 2. The molecule has 3 heteroatoms. The summed E-state index contributed by atoms with van der Waals surface area (Å²) in [5.41, 5.74) is 1.83. The van der Waals surface area contributed by atoms with E-state index >= 15 is 0 Å². The van der Waals surface area contributed by atoms with Crippen molar-refractivity contribution in [1.82, 2.24) is 0 Å². The van der Waals surface area contributed by atoms with E-state index in [0.717, 1.165) is 22.3 Å². The van der Waals surface area contributed by atoms with Gasteiger partial charge in [0.2, 0.25) is 0 Å². The van der Waals surface area contributed by atoms with Gasteiger partial charge in [0.15, 0.2) is 0 Å². The van der Waals surface area contributed by atoms with Crippen LogP contribution in [-0.4, -0.2) is 12.6 Å². The summed E-state index contributed by atoms with van der Waals surface area (Å²) in [5, 5.41) is 9.13. The molecule has 0 saturated carbocycles. The van der Waals surface area contributed by atoms with E-state index < -0.39 is 0 Å². The van der Waals surface area contributed by atoms with Gasteiger partial charge in [-0.2, -0.15) is 5.26 Å². The molecule has 0 aliphatic carbocycles. The Labute approximate surface area is 105 Å². The topological polar surface area (TPSA) is 27.0 Å². The molecular weight excluding hydrogens is 264 g/mol. The molecule has 1 aromatic carbocycles. The summed E-state index contributed by atoms with van der Waals surface area (Å²) in [6.07, 6.45) is 1.21. The average molecular weight is 279 g/mol.